The van der Waals surface area contributed by atoms with Crippen LogP contribution in [-0.4, -0.2) is 27.4 Å². The van der Waals surface area contributed by atoms with E-state index >= 15 is 0 Å². The minimum absolute atomic E-state index is 0.0421. The average molecular weight is 317 g/mol. The third kappa shape index (κ3) is 3.05. The number of aromatic nitrogens is 2. The van der Waals surface area contributed by atoms with Crippen molar-refractivity contribution in [1.82, 2.24) is 9.36 Å². The van der Waals surface area contributed by atoms with E-state index in [9.17, 15) is 13.2 Å². The van der Waals surface area contributed by atoms with Crippen molar-refractivity contribution in [1.29, 1.82) is 0 Å². The highest BCUT2D eigenvalue weighted by atomic mass is 32.1. The van der Waals surface area contributed by atoms with Crippen molar-refractivity contribution in [2.45, 2.75) is 6.18 Å². The van der Waals surface area contributed by atoms with Gasteiger partial charge in [-0.25, -0.2) is 0 Å². The van der Waals surface area contributed by atoms with Crippen LogP contribution in [0.5, 0.6) is 0 Å². The zero-order valence-electron chi connectivity index (χ0n) is 10.7. The average Bonchev–Trinajstić information content (AvgIpc) is 2.95. The van der Waals surface area contributed by atoms with Gasteiger partial charge in [0.25, 0.3) is 0 Å². The molecular weight excluding hydrogens is 307 g/mol. The van der Waals surface area contributed by atoms with E-state index in [0.29, 0.717) is 22.8 Å². The van der Waals surface area contributed by atoms with E-state index in [4.69, 9.17) is 10.9 Å². The predicted octanol–water partition coefficient (Wildman–Crippen LogP) is 2.42. The summed E-state index contributed by atoms with van der Waals surface area (Å²) < 4.78 is 40.8. The highest BCUT2D eigenvalue weighted by Gasteiger charge is 2.36. The molecule has 0 saturated heterocycles. The largest absolute Gasteiger partial charge is 0.452 e. The number of nitrogens with two attached hydrogens (primary N) is 1. The van der Waals surface area contributed by atoms with Gasteiger partial charge < -0.3 is 15.8 Å². The van der Waals surface area contributed by atoms with Crippen molar-refractivity contribution in [3.63, 3.8) is 0 Å². The van der Waals surface area contributed by atoms with Gasteiger partial charge in [0.15, 0.2) is 5.84 Å². The van der Waals surface area contributed by atoms with Crippen LogP contribution >= 0.6 is 11.5 Å². The van der Waals surface area contributed by atoms with Crippen molar-refractivity contribution in [2.24, 2.45) is 10.9 Å². The molecule has 2 rings (SSSR count). The van der Waals surface area contributed by atoms with Crippen molar-refractivity contribution in [2.75, 3.05) is 11.9 Å². The van der Waals surface area contributed by atoms with Gasteiger partial charge in [-0.2, -0.15) is 22.5 Å². The Morgan fingerprint density at radius 1 is 1.38 bits per heavy atom. The van der Waals surface area contributed by atoms with Gasteiger partial charge in [0.05, 0.1) is 5.69 Å². The Balaban J connectivity index is 2.41. The summed E-state index contributed by atoms with van der Waals surface area (Å²) in [4.78, 5) is 4.84. The van der Waals surface area contributed by atoms with Crippen LogP contribution in [0.4, 0.5) is 24.0 Å². The summed E-state index contributed by atoms with van der Waals surface area (Å²) in [6, 6.07) is 6.52. The lowest BCUT2D eigenvalue weighted by molar-refractivity contribution is -0.144. The molecule has 6 nitrogen and oxygen atoms in total. The first-order valence-electron chi connectivity index (χ1n) is 5.56. The maximum absolute atomic E-state index is 12.5. The molecule has 21 heavy (non-hydrogen) atoms. The zero-order valence-corrected chi connectivity index (χ0v) is 11.5. The van der Waals surface area contributed by atoms with Crippen LogP contribution in [0.15, 0.2) is 29.4 Å². The molecule has 1 heterocycles. The first-order chi connectivity index (χ1) is 9.84. The van der Waals surface area contributed by atoms with Gasteiger partial charge in [-0.05, 0) is 12.1 Å². The Morgan fingerprint density at radius 2 is 2.05 bits per heavy atom. The molecule has 2 aromatic rings. The first kappa shape index (κ1) is 15.0. The fourth-order valence-electron chi connectivity index (χ4n) is 1.61. The maximum atomic E-state index is 12.5. The third-order valence-corrected chi connectivity index (χ3v) is 3.40. The molecular formula is C11H10F3N5OS. The first-order valence-corrected chi connectivity index (χ1v) is 6.33. The summed E-state index contributed by atoms with van der Waals surface area (Å²) in [7, 11) is 1.52. The molecule has 0 aliphatic rings. The number of benzene rings is 1. The van der Waals surface area contributed by atoms with Crippen LogP contribution in [0, 0.1) is 0 Å². The topological polar surface area (TPSA) is 87.6 Å². The summed E-state index contributed by atoms with van der Waals surface area (Å²) in [5.41, 5.74) is 6.36. The summed E-state index contributed by atoms with van der Waals surface area (Å²) in [6.45, 7) is 0. The third-order valence-electron chi connectivity index (χ3n) is 2.60. The SMILES string of the molecule is CN(c1nc(C(F)(F)F)ns1)c1ccccc1/C(N)=N/O. The van der Waals surface area contributed by atoms with Gasteiger partial charge in [0.2, 0.25) is 11.0 Å². The Bertz CT molecular complexity index is 670. The van der Waals surface area contributed by atoms with E-state index < -0.39 is 12.0 Å². The van der Waals surface area contributed by atoms with Gasteiger partial charge in [0.1, 0.15) is 0 Å². The Labute approximate surface area is 121 Å². The highest BCUT2D eigenvalue weighted by Crippen LogP contribution is 2.33. The Hall–Kier alpha value is -2.36. The standard InChI is InChI=1S/C11H10F3N5OS/c1-19(10-16-9(18-21-10)11(12,13)14)7-5-3-2-4-6(7)8(15)17-20/h2-5,20H,1H3,(H2,15,17). The molecule has 0 atom stereocenters. The minimum Gasteiger partial charge on any atom is -0.409 e. The van der Waals surface area contributed by atoms with Crippen LogP contribution in [0.1, 0.15) is 11.4 Å². The molecule has 3 N–H and O–H groups in total. The molecule has 0 aliphatic heterocycles. The van der Waals surface area contributed by atoms with Crippen molar-refractivity contribution in [3.05, 3.63) is 35.7 Å². The number of anilines is 2. The summed E-state index contributed by atoms with van der Waals surface area (Å²) in [5, 5.41) is 11.7. The second-order valence-corrected chi connectivity index (χ2v) is 4.69. The molecule has 0 unspecified atom stereocenters. The highest BCUT2D eigenvalue weighted by molar-refractivity contribution is 7.09. The number of para-hydroxylation sites is 1. The van der Waals surface area contributed by atoms with Crippen LogP contribution in [0.2, 0.25) is 0 Å². The van der Waals surface area contributed by atoms with Crippen molar-refractivity contribution < 1.29 is 18.4 Å². The molecule has 0 amide bonds. The quantitative estimate of drug-likeness (QED) is 0.393. The molecule has 10 heteroatoms. The fourth-order valence-corrected chi connectivity index (χ4v) is 2.27. The maximum Gasteiger partial charge on any atom is 0.452 e. The smallest absolute Gasteiger partial charge is 0.409 e. The van der Waals surface area contributed by atoms with Gasteiger partial charge in [0, 0.05) is 24.1 Å². The second-order valence-electron chi connectivity index (χ2n) is 3.96. The minimum atomic E-state index is -4.60. The van der Waals surface area contributed by atoms with Crippen LogP contribution in [0.3, 0.4) is 0 Å². The lowest BCUT2D eigenvalue weighted by atomic mass is 10.1. The van der Waals surface area contributed by atoms with E-state index in [-0.39, 0.29) is 11.0 Å². The lowest BCUT2D eigenvalue weighted by Gasteiger charge is -2.18. The molecule has 1 aromatic carbocycles. The van der Waals surface area contributed by atoms with Crippen LogP contribution in [0.25, 0.3) is 0 Å². The van der Waals surface area contributed by atoms with E-state index in [1.54, 1.807) is 24.3 Å². The number of nitrogens with zero attached hydrogens (tertiary/aromatic N) is 4. The number of hydrogen-bond donors (Lipinski definition) is 2. The number of halogens is 3. The molecule has 0 spiro atoms. The normalized spacial score (nSPS) is 12.5. The number of hydrogen-bond acceptors (Lipinski definition) is 6. The predicted molar refractivity (Wildman–Crippen MR) is 71.9 cm³/mol. The molecule has 112 valence electrons. The van der Waals surface area contributed by atoms with Gasteiger partial charge >= 0.3 is 6.18 Å². The van der Waals surface area contributed by atoms with Crippen LogP contribution in [-0.2, 0) is 6.18 Å². The summed E-state index contributed by atoms with van der Waals surface area (Å²) in [6.07, 6.45) is -4.60. The Kier molecular flexibility index (Phi) is 3.98. The molecule has 1 aromatic heterocycles. The molecule has 0 radical (unpaired) electrons. The summed E-state index contributed by atoms with van der Waals surface area (Å²) >= 11 is 0.609. The molecule has 0 fully saturated rings. The van der Waals surface area contributed by atoms with Crippen molar-refractivity contribution >= 4 is 28.2 Å². The monoisotopic (exact) mass is 317 g/mol. The number of alkyl halides is 3. The van der Waals surface area contributed by atoms with E-state index in [0.717, 1.165) is 0 Å². The summed E-state index contributed by atoms with van der Waals surface area (Å²) in [5.74, 6) is -1.35. The van der Waals surface area contributed by atoms with E-state index in [2.05, 4.69) is 14.5 Å². The van der Waals surface area contributed by atoms with Gasteiger partial charge in [-0.15, -0.1) is 0 Å². The Morgan fingerprint density at radius 3 is 2.62 bits per heavy atom. The van der Waals surface area contributed by atoms with E-state index in [1.807, 2.05) is 0 Å². The molecule has 0 saturated carbocycles. The van der Waals surface area contributed by atoms with E-state index in [1.165, 1.54) is 11.9 Å². The van der Waals surface area contributed by atoms with Crippen LogP contribution < -0.4 is 10.6 Å². The molecule has 0 aliphatic carbocycles. The van der Waals surface area contributed by atoms with Gasteiger partial charge in [-0.3, -0.25) is 0 Å². The van der Waals surface area contributed by atoms with Gasteiger partial charge in [-0.1, -0.05) is 17.3 Å². The second kappa shape index (κ2) is 5.56. The lowest BCUT2D eigenvalue weighted by Crippen LogP contribution is -2.19. The zero-order chi connectivity index (χ0) is 15.6. The number of rotatable bonds is 3. The fraction of sp³-hybridized carbons (Fsp3) is 0.182. The number of amidine groups is 1. The van der Waals surface area contributed by atoms with Crippen molar-refractivity contribution in [3.8, 4) is 0 Å². The molecule has 0 bridgehead atoms. The number of oxime groups is 1.